The van der Waals surface area contributed by atoms with E-state index in [9.17, 15) is 12.8 Å². The molecule has 1 heterocycles. The number of anilines is 1. The van der Waals surface area contributed by atoms with Gasteiger partial charge in [0.05, 0.1) is 11.5 Å². The van der Waals surface area contributed by atoms with Crippen molar-refractivity contribution in [3.8, 4) is 0 Å². The molecule has 1 aromatic rings. The Kier molecular flexibility index (Phi) is 4.10. The Morgan fingerprint density at radius 2 is 1.95 bits per heavy atom. The number of nitrogens with one attached hydrogen (secondary N) is 1. The van der Waals surface area contributed by atoms with Gasteiger partial charge in [-0.3, -0.25) is 0 Å². The van der Waals surface area contributed by atoms with Crippen LogP contribution in [-0.2, 0) is 9.84 Å². The second-order valence-corrected chi connectivity index (χ2v) is 7.16. The van der Waals surface area contributed by atoms with Gasteiger partial charge in [0.2, 0.25) is 0 Å². The third-order valence-electron chi connectivity index (χ3n) is 3.57. The molecule has 1 aliphatic heterocycles. The first-order chi connectivity index (χ1) is 8.93. The lowest BCUT2D eigenvalue weighted by molar-refractivity contribution is 0.584. The molecule has 0 radical (unpaired) electrons. The molecule has 1 aliphatic rings. The van der Waals surface area contributed by atoms with Gasteiger partial charge < -0.3 is 10.2 Å². The van der Waals surface area contributed by atoms with Crippen molar-refractivity contribution in [2.24, 2.45) is 0 Å². The Labute approximate surface area is 113 Å². The molecule has 1 atom stereocenters. The van der Waals surface area contributed by atoms with E-state index < -0.39 is 9.84 Å². The van der Waals surface area contributed by atoms with Crippen LogP contribution >= 0.6 is 0 Å². The van der Waals surface area contributed by atoms with Crippen LogP contribution in [0.1, 0.15) is 18.5 Å². The first-order valence-electron chi connectivity index (χ1n) is 6.35. The van der Waals surface area contributed by atoms with Crippen LogP contribution in [0.3, 0.4) is 0 Å². The van der Waals surface area contributed by atoms with E-state index in [1.54, 1.807) is 6.07 Å². The minimum atomic E-state index is -2.90. The number of hydrogen-bond acceptors (Lipinski definition) is 4. The molecule has 0 spiro atoms. The van der Waals surface area contributed by atoms with Crippen molar-refractivity contribution in [2.45, 2.75) is 13.0 Å². The summed E-state index contributed by atoms with van der Waals surface area (Å²) < 4.78 is 36.3. The summed E-state index contributed by atoms with van der Waals surface area (Å²) in [6, 6.07) is 4.68. The average molecular weight is 286 g/mol. The first kappa shape index (κ1) is 14.3. The number of hydrogen-bond donors (Lipinski definition) is 1. The summed E-state index contributed by atoms with van der Waals surface area (Å²) in [6.45, 7) is 2.90. The van der Waals surface area contributed by atoms with Crippen molar-refractivity contribution in [1.29, 1.82) is 0 Å². The van der Waals surface area contributed by atoms with Gasteiger partial charge in [-0.2, -0.15) is 0 Å². The van der Waals surface area contributed by atoms with Crippen molar-refractivity contribution in [3.63, 3.8) is 0 Å². The van der Waals surface area contributed by atoms with Gasteiger partial charge in [0, 0.05) is 24.8 Å². The Balaban J connectivity index is 2.29. The van der Waals surface area contributed by atoms with E-state index in [1.807, 2.05) is 18.9 Å². The van der Waals surface area contributed by atoms with Crippen molar-refractivity contribution >= 4 is 15.5 Å². The second kappa shape index (κ2) is 5.46. The molecule has 0 aromatic heterocycles. The minimum Gasteiger partial charge on any atom is -0.369 e. The van der Waals surface area contributed by atoms with E-state index >= 15 is 0 Å². The summed E-state index contributed by atoms with van der Waals surface area (Å²) in [4.78, 5) is 2.02. The van der Waals surface area contributed by atoms with E-state index in [0.29, 0.717) is 13.1 Å². The highest BCUT2D eigenvalue weighted by Gasteiger charge is 2.24. The molecule has 1 fully saturated rings. The molecule has 1 N–H and O–H groups in total. The maximum absolute atomic E-state index is 13.4. The highest BCUT2D eigenvalue weighted by atomic mass is 32.2. The summed E-state index contributed by atoms with van der Waals surface area (Å²) in [5, 5.41) is 3.09. The topological polar surface area (TPSA) is 49.4 Å². The number of rotatable bonds is 3. The lowest BCUT2D eigenvalue weighted by Crippen LogP contribution is -2.41. The largest absolute Gasteiger partial charge is 0.369 e. The molecular formula is C13H19FN2O2S. The van der Waals surface area contributed by atoms with Crippen LogP contribution in [-0.4, -0.2) is 40.1 Å². The molecule has 0 amide bonds. The van der Waals surface area contributed by atoms with E-state index in [0.717, 1.165) is 11.3 Å². The van der Waals surface area contributed by atoms with Gasteiger partial charge in [-0.1, -0.05) is 0 Å². The van der Waals surface area contributed by atoms with Crippen LogP contribution in [0.15, 0.2) is 18.2 Å². The highest BCUT2D eigenvalue weighted by Crippen LogP contribution is 2.28. The van der Waals surface area contributed by atoms with Gasteiger partial charge in [-0.15, -0.1) is 0 Å². The maximum atomic E-state index is 13.4. The number of sulfone groups is 1. The molecule has 0 aliphatic carbocycles. The number of halogens is 1. The monoisotopic (exact) mass is 286 g/mol. The third kappa shape index (κ3) is 3.25. The van der Waals surface area contributed by atoms with E-state index in [2.05, 4.69) is 5.32 Å². The summed E-state index contributed by atoms with van der Waals surface area (Å²) >= 11 is 0. The van der Waals surface area contributed by atoms with E-state index in [4.69, 9.17) is 0 Å². The van der Waals surface area contributed by atoms with Gasteiger partial charge in [0.15, 0.2) is 9.84 Å². The van der Waals surface area contributed by atoms with Crippen LogP contribution in [0.5, 0.6) is 0 Å². The lowest BCUT2D eigenvalue weighted by Gasteiger charge is -2.31. The molecule has 106 valence electrons. The zero-order valence-corrected chi connectivity index (χ0v) is 12.0. The second-order valence-electron chi connectivity index (χ2n) is 4.85. The fourth-order valence-electron chi connectivity index (χ4n) is 2.27. The predicted octanol–water partition coefficient (Wildman–Crippen LogP) is 1.34. The van der Waals surface area contributed by atoms with E-state index in [-0.39, 0.29) is 23.4 Å². The van der Waals surface area contributed by atoms with Crippen molar-refractivity contribution in [2.75, 3.05) is 36.5 Å². The summed E-state index contributed by atoms with van der Waals surface area (Å²) in [6.07, 6.45) is 0. The normalized spacial score (nSPS) is 20.3. The molecular weight excluding hydrogens is 267 g/mol. The quantitative estimate of drug-likeness (QED) is 0.911. The molecule has 0 saturated carbocycles. The molecule has 1 aromatic carbocycles. The van der Waals surface area contributed by atoms with Crippen LogP contribution < -0.4 is 10.2 Å². The molecule has 2 rings (SSSR count). The molecule has 1 saturated heterocycles. The highest BCUT2D eigenvalue weighted by molar-refractivity contribution is 7.91. The van der Waals surface area contributed by atoms with E-state index in [1.165, 1.54) is 12.1 Å². The number of nitrogens with zero attached hydrogens (tertiary/aromatic N) is 1. The smallest absolute Gasteiger partial charge is 0.153 e. The van der Waals surface area contributed by atoms with Crippen LogP contribution in [0.2, 0.25) is 0 Å². The maximum Gasteiger partial charge on any atom is 0.153 e. The fraction of sp³-hybridized carbons (Fsp3) is 0.538. The molecule has 0 bridgehead atoms. The lowest BCUT2D eigenvalue weighted by atomic mass is 10.0. The molecule has 6 heteroatoms. The zero-order valence-electron chi connectivity index (χ0n) is 11.2. The third-order valence-corrected chi connectivity index (χ3v) is 5.18. The fourth-order valence-corrected chi connectivity index (χ4v) is 3.47. The van der Waals surface area contributed by atoms with Gasteiger partial charge in [-0.25, -0.2) is 12.8 Å². The molecule has 1 unspecified atom stereocenters. The first-order valence-corrected chi connectivity index (χ1v) is 8.17. The van der Waals surface area contributed by atoms with Crippen LogP contribution in [0.4, 0.5) is 10.1 Å². The van der Waals surface area contributed by atoms with Crippen molar-refractivity contribution in [3.05, 3.63) is 29.6 Å². The summed E-state index contributed by atoms with van der Waals surface area (Å²) in [5.74, 6) is 0.0562. The Bertz CT molecular complexity index is 546. The SMILES string of the molecule is CNC(C)c1cc(F)ccc1N1CCS(=O)(=O)CC1. The van der Waals surface area contributed by atoms with Crippen molar-refractivity contribution < 1.29 is 12.8 Å². The summed E-state index contributed by atoms with van der Waals surface area (Å²) in [7, 11) is -1.08. The molecule has 4 nitrogen and oxygen atoms in total. The number of benzene rings is 1. The van der Waals surface area contributed by atoms with Crippen molar-refractivity contribution in [1.82, 2.24) is 5.32 Å². The Hall–Kier alpha value is -1.14. The molecule has 19 heavy (non-hydrogen) atoms. The van der Waals surface area contributed by atoms with Gasteiger partial charge in [0.1, 0.15) is 5.82 Å². The van der Waals surface area contributed by atoms with Gasteiger partial charge in [-0.05, 0) is 37.7 Å². The predicted molar refractivity (Wildman–Crippen MR) is 74.7 cm³/mol. The van der Waals surface area contributed by atoms with Crippen LogP contribution in [0.25, 0.3) is 0 Å². The van der Waals surface area contributed by atoms with Crippen LogP contribution in [0, 0.1) is 5.82 Å². The Morgan fingerprint density at radius 3 is 2.53 bits per heavy atom. The summed E-state index contributed by atoms with van der Waals surface area (Å²) in [5.41, 5.74) is 1.78. The minimum absolute atomic E-state index is 0.0178. The van der Waals surface area contributed by atoms with Gasteiger partial charge in [0.25, 0.3) is 0 Å². The zero-order chi connectivity index (χ0) is 14.0. The standard InChI is InChI=1S/C13H19FN2O2S/c1-10(15-2)12-9-11(14)3-4-13(12)16-5-7-19(17,18)8-6-16/h3-4,9-10,15H,5-8H2,1-2H3. The average Bonchev–Trinajstić information content (AvgIpc) is 2.38. The Morgan fingerprint density at radius 1 is 1.32 bits per heavy atom. The van der Waals surface area contributed by atoms with Gasteiger partial charge >= 0.3 is 0 Å².